The number of aryl methyl sites for hydroxylation is 1. The van der Waals surface area contributed by atoms with Gasteiger partial charge >= 0.3 is 0 Å². The van der Waals surface area contributed by atoms with Crippen molar-refractivity contribution < 1.29 is 4.79 Å². The third kappa shape index (κ3) is 3.68. The topological polar surface area (TPSA) is 32.3 Å². The highest BCUT2D eigenvalue weighted by Crippen LogP contribution is 2.31. The van der Waals surface area contributed by atoms with Gasteiger partial charge in [-0.25, -0.2) is 0 Å². The fraction of sp³-hybridized carbons (Fsp3) is 0.381. The molecule has 0 spiro atoms. The summed E-state index contributed by atoms with van der Waals surface area (Å²) in [5, 5.41) is 3.19. The van der Waals surface area contributed by atoms with Gasteiger partial charge in [-0.15, -0.1) is 0 Å². The van der Waals surface area contributed by atoms with Crippen molar-refractivity contribution in [2.75, 3.05) is 20.6 Å². The quantitative estimate of drug-likeness (QED) is 0.913. The number of carbonyl (C=O) groups excluding carboxylic acids is 1. The van der Waals surface area contributed by atoms with Crippen LogP contribution < -0.4 is 5.32 Å². The van der Waals surface area contributed by atoms with Crippen molar-refractivity contribution >= 4 is 5.91 Å². The summed E-state index contributed by atoms with van der Waals surface area (Å²) >= 11 is 0. The molecule has 2 unspecified atom stereocenters. The number of fused-ring (bicyclic) bond motifs is 1. The summed E-state index contributed by atoms with van der Waals surface area (Å²) in [4.78, 5) is 14.9. The molecule has 1 aliphatic rings. The largest absolute Gasteiger partial charge is 0.354 e. The van der Waals surface area contributed by atoms with E-state index in [0.717, 1.165) is 19.3 Å². The van der Waals surface area contributed by atoms with Crippen LogP contribution in [0.3, 0.4) is 0 Å². The van der Waals surface area contributed by atoms with Crippen molar-refractivity contribution in [1.29, 1.82) is 0 Å². The summed E-state index contributed by atoms with van der Waals surface area (Å²) in [6.07, 6.45) is 3.12. The third-order valence-electron chi connectivity index (χ3n) is 4.96. The second-order valence-corrected chi connectivity index (χ2v) is 6.78. The highest BCUT2D eigenvalue weighted by atomic mass is 16.1. The predicted octanol–water partition coefficient (Wildman–Crippen LogP) is 3.53. The number of amides is 1. The number of rotatable bonds is 5. The van der Waals surface area contributed by atoms with Gasteiger partial charge in [0.15, 0.2) is 0 Å². The van der Waals surface area contributed by atoms with E-state index in [-0.39, 0.29) is 17.9 Å². The van der Waals surface area contributed by atoms with E-state index in [2.05, 4.69) is 54.6 Å². The summed E-state index contributed by atoms with van der Waals surface area (Å²) in [6.45, 7) is 0.633. The van der Waals surface area contributed by atoms with Crippen LogP contribution in [-0.4, -0.2) is 31.4 Å². The average molecular weight is 322 g/mol. The molecule has 0 aliphatic heterocycles. The zero-order valence-corrected chi connectivity index (χ0v) is 14.5. The fourth-order valence-corrected chi connectivity index (χ4v) is 3.62. The first-order valence-electron chi connectivity index (χ1n) is 8.73. The highest BCUT2D eigenvalue weighted by molar-refractivity contribution is 5.84. The molecule has 0 heterocycles. The molecular weight excluding hydrogens is 296 g/mol. The lowest BCUT2D eigenvalue weighted by Gasteiger charge is -2.28. The molecule has 3 heteroatoms. The summed E-state index contributed by atoms with van der Waals surface area (Å²) in [5.41, 5.74) is 3.77. The lowest BCUT2D eigenvalue weighted by Crippen LogP contribution is -2.37. The van der Waals surface area contributed by atoms with Crippen LogP contribution in [0.2, 0.25) is 0 Å². The van der Waals surface area contributed by atoms with E-state index >= 15 is 0 Å². The van der Waals surface area contributed by atoms with Crippen molar-refractivity contribution in [3.63, 3.8) is 0 Å². The Hall–Kier alpha value is -2.13. The second-order valence-electron chi connectivity index (χ2n) is 6.78. The molecule has 2 aromatic rings. The minimum Gasteiger partial charge on any atom is -0.354 e. The molecule has 0 saturated carbocycles. The Morgan fingerprint density at radius 3 is 2.58 bits per heavy atom. The third-order valence-corrected chi connectivity index (χ3v) is 4.96. The molecule has 0 saturated heterocycles. The second kappa shape index (κ2) is 7.63. The van der Waals surface area contributed by atoms with E-state index in [0.29, 0.717) is 6.54 Å². The van der Waals surface area contributed by atoms with Crippen LogP contribution in [0.4, 0.5) is 0 Å². The maximum Gasteiger partial charge on any atom is 0.227 e. The van der Waals surface area contributed by atoms with Gasteiger partial charge in [-0.1, -0.05) is 54.6 Å². The van der Waals surface area contributed by atoms with Gasteiger partial charge < -0.3 is 10.2 Å². The van der Waals surface area contributed by atoms with Crippen LogP contribution in [0.1, 0.15) is 41.5 Å². The van der Waals surface area contributed by atoms with Gasteiger partial charge in [0.1, 0.15) is 0 Å². The fourth-order valence-electron chi connectivity index (χ4n) is 3.62. The Labute approximate surface area is 144 Å². The number of hydrogen-bond donors (Lipinski definition) is 1. The SMILES string of the molecule is CN(C)C(CNC(=O)C1CCCc2ccccc21)c1ccccc1. The maximum atomic E-state index is 12.8. The van der Waals surface area contributed by atoms with Crippen molar-refractivity contribution in [3.05, 3.63) is 71.3 Å². The van der Waals surface area contributed by atoms with Gasteiger partial charge in [-0.2, -0.15) is 0 Å². The molecule has 126 valence electrons. The lowest BCUT2D eigenvalue weighted by molar-refractivity contribution is -0.123. The first-order valence-corrected chi connectivity index (χ1v) is 8.73. The monoisotopic (exact) mass is 322 g/mol. The first-order chi connectivity index (χ1) is 11.7. The zero-order chi connectivity index (χ0) is 16.9. The molecule has 3 nitrogen and oxygen atoms in total. The van der Waals surface area contributed by atoms with E-state index < -0.39 is 0 Å². The number of nitrogens with zero attached hydrogens (tertiary/aromatic N) is 1. The van der Waals surface area contributed by atoms with Crippen molar-refractivity contribution in [2.45, 2.75) is 31.2 Å². The number of hydrogen-bond acceptors (Lipinski definition) is 2. The van der Waals surface area contributed by atoms with Crippen molar-refractivity contribution in [3.8, 4) is 0 Å². The molecule has 24 heavy (non-hydrogen) atoms. The molecule has 1 amide bonds. The van der Waals surface area contributed by atoms with Crippen LogP contribution >= 0.6 is 0 Å². The van der Waals surface area contributed by atoms with Crippen LogP contribution in [0.5, 0.6) is 0 Å². The van der Waals surface area contributed by atoms with Gasteiger partial charge in [0.25, 0.3) is 0 Å². The Morgan fingerprint density at radius 1 is 1.12 bits per heavy atom. The normalized spacial score (nSPS) is 18.0. The van der Waals surface area contributed by atoms with Crippen LogP contribution in [0, 0.1) is 0 Å². The predicted molar refractivity (Wildman–Crippen MR) is 98.0 cm³/mol. The highest BCUT2D eigenvalue weighted by Gasteiger charge is 2.26. The maximum absolute atomic E-state index is 12.8. The summed E-state index contributed by atoms with van der Waals surface area (Å²) in [6, 6.07) is 18.9. The molecule has 2 atom stereocenters. The summed E-state index contributed by atoms with van der Waals surface area (Å²) in [7, 11) is 4.11. The zero-order valence-electron chi connectivity index (χ0n) is 14.5. The van der Waals surface area contributed by atoms with Gasteiger partial charge in [0.05, 0.1) is 12.0 Å². The van der Waals surface area contributed by atoms with Gasteiger partial charge in [-0.05, 0) is 50.0 Å². The molecule has 0 radical (unpaired) electrons. The van der Waals surface area contributed by atoms with E-state index in [9.17, 15) is 4.79 Å². The number of likely N-dealkylation sites (N-methyl/N-ethyl adjacent to an activating group) is 1. The van der Waals surface area contributed by atoms with Gasteiger partial charge in [0.2, 0.25) is 5.91 Å². The smallest absolute Gasteiger partial charge is 0.227 e. The molecule has 3 rings (SSSR count). The van der Waals surface area contributed by atoms with Crippen LogP contribution in [0.15, 0.2) is 54.6 Å². The van der Waals surface area contributed by atoms with Crippen LogP contribution in [0.25, 0.3) is 0 Å². The Balaban J connectivity index is 1.69. The average Bonchev–Trinajstić information content (AvgIpc) is 2.62. The molecule has 1 N–H and O–H groups in total. The standard InChI is InChI=1S/C21H26N2O/c1-23(2)20(17-10-4-3-5-11-17)15-22-21(24)19-14-8-12-16-9-6-7-13-18(16)19/h3-7,9-11,13,19-20H,8,12,14-15H2,1-2H3,(H,22,24). The van der Waals surface area contributed by atoms with Crippen LogP contribution in [-0.2, 0) is 11.2 Å². The van der Waals surface area contributed by atoms with E-state index in [1.807, 2.05) is 24.3 Å². The molecule has 1 aliphatic carbocycles. The van der Waals surface area contributed by atoms with E-state index in [4.69, 9.17) is 0 Å². The molecule has 2 aromatic carbocycles. The summed E-state index contributed by atoms with van der Waals surface area (Å²) < 4.78 is 0. The van der Waals surface area contributed by atoms with Crippen molar-refractivity contribution in [2.24, 2.45) is 0 Å². The number of carbonyl (C=O) groups is 1. The number of nitrogens with one attached hydrogen (secondary N) is 1. The lowest BCUT2D eigenvalue weighted by atomic mass is 9.82. The first kappa shape index (κ1) is 16.7. The molecule has 0 fully saturated rings. The summed E-state index contributed by atoms with van der Waals surface area (Å²) in [5.74, 6) is 0.151. The molecule has 0 bridgehead atoms. The molecular formula is C21H26N2O. The minimum atomic E-state index is -0.00599. The minimum absolute atomic E-state index is 0.00599. The Bertz CT molecular complexity index is 681. The van der Waals surface area contributed by atoms with E-state index in [1.54, 1.807) is 0 Å². The van der Waals surface area contributed by atoms with Gasteiger partial charge in [0, 0.05) is 6.54 Å². The number of benzene rings is 2. The molecule has 0 aromatic heterocycles. The van der Waals surface area contributed by atoms with Crippen molar-refractivity contribution in [1.82, 2.24) is 10.2 Å². The van der Waals surface area contributed by atoms with Gasteiger partial charge in [-0.3, -0.25) is 4.79 Å². The Kier molecular flexibility index (Phi) is 5.31. The Morgan fingerprint density at radius 2 is 1.83 bits per heavy atom. The van der Waals surface area contributed by atoms with E-state index in [1.165, 1.54) is 16.7 Å².